The molecule has 0 heterocycles. The van der Waals surface area contributed by atoms with Crippen LogP contribution in [0.5, 0.6) is 0 Å². The van der Waals surface area contributed by atoms with Crippen molar-refractivity contribution in [3.05, 3.63) is 21.9 Å². The highest BCUT2D eigenvalue weighted by Gasteiger charge is 2.25. The number of carbonyl (C=O) groups is 2. The summed E-state index contributed by atoms with van der Waals surface area (Å²) < 4.78 is 4.96. The van der Waals surface area contributed by atoms with Gasteiger partial charge in [0.1, 0.15) is 4.48 Å². The van der Waals surface area contributed by atoms with Gasteiger partial charge < -0.3 is 4.74 Å². The molecular formula is C8H7BrO3. The predicted molar refractivity (Wildman–Crippen MR) is 46.7 cm³/mol. The Morgan fingerprint density at radius 1 is 1.42 bits per heavy atom. The monoisotopic (exact) mass is 230 g/mol. The summed E-state index contributed by atoms with van der Waals surface area (Å²) in [6, 6.07) is 0. The SMILES string of the molecule is COC1=C(Br)C(=O)C(C)=CC1=O. The minimum atomic E-state index is -0.276. The molecule has 3 nitrogen and oxygen atoms in total. The van der Waals surface area contributed by atoms with Crippen LogP contribution >= 0.6 is 15.9 Å². The maximum atomic E-state index is 11.2. The number of allylic oxidation sites excluding steroid dienone is 3. The molecular weight excluding hydrogens is 224 g/mol. The summed E-state index contributed by atoms with van der Waals surface area (Å²) in [6.45, 7) is 1.59. The molecule has 0 saturated carbocycles. The van der Waals surface area contributed by atoms with Crippen LogP contribution in [0.25, 0.3) is 0 Å². The van der Waals surface area contributed by atoms with Crippen LogP contribution < -0.4 is 0 Å². The van der Waals surface area contributed by atoms with E-state index in [1.165, 1.54) is 13.2 Å². The van der Waals surface area contributed by atoms with Gasteiger partial charge in [-0.05, 0) is 28.9 Å². The lowest BCUT2D eigenvalue weighted by molar-refractivity contribution is -0.117. The van der Waals surface area contributed by atoms with E-state index in [1.54, 1.807) is 6.92 Å². The number of carbonyl (C=O) groups excluding carboxylic acids is 2. The Labute approximate surface area is 78.2 Å². The molecule has 1 rings (SSSR count). The van der Waals surface area contributed by atoms with Crippen molar-refractivity contribution >= 4 is 27.5 Å². The first-order chi connectivity index (χ1) is 5.57. The second kappa shape index (κ2) is 3.23. The standard InChI is InChI=1S/C8H7BrO3/c1-4-3-5(10)8(12-2)6(9)7(4)11/h3H,1-2H3. The summed E-state index contributed by atoms with van der Waals surface area (Å²) in [5.74, 6) is -0.404. The Bertz CT molecular complexity index is 312. The maximum absolute atomic E-state index is 11.2. The van der Waals surface area contributed by atoms with E-state index in [2.05, 4.69) is 15.9 Å². The third-order valence-electron chi connectivity index (χ3n) is 1.53. The van der Waals surface area contributed by atoms with E-state index in [1.807, 2.05) is 0 Å². The summed E-state index contributed by atoms with van der Waals surface area (Å²) in [5, 5.41) is 0. The van der Waals surface area contributed by atoms with Crippen LogP contribution in [0, 0.1) is 0 Å². The largest absolute Gasteiger partial charge is 0.491 e. The molecule has 12 heavy (non-hydrogen) atoms. The zero-order valence-corrected chi connectivity index (χ0v) is 8.27. The number of methoxy groups -OCH3 is 1. The number of ketones is 2. The average molecular weight is 231 g/mol. The fourth-order valence-electron chi connectivity index (χ4n) is 0.902. The van der Waals surface area contributed by atoms with Crippen LogP contribution in [0.15, 0.2) is 21.9 Å². The molecule has 0 saturated heterocycles. The van der Waals surface area contributed by atoms with E-state index in [0.29, 0.717) is 5.57 Å². The predicted octanol–water partition coefficient (Wildman–Crippen LogP) is 1.34. The third-order valence-corrected chi connectivity index (χ3v) is 2.25. The number of ether oxygens (including phenoxy) is 1. The highest BCUT2D eigenvalue weighted by atomic mass is 79.9. The Hall–Kier alpha value is -0.900. The van der Waals surface area contributed by atoms with E-state index in [0.717, 1.165) is 0 Å². The normalized spacial score (nSPS) is 18.1. The molecule has 0 amide bonds. The van der Waals surface area contributed by atoms with Gasteiger partial charge in [-0.15, -0.1) is 0 Å². The lowest BCUT2D eigenvalue weighted by Gasteiger charge is -2.10. The van der Waals surface area contributed by atoms with Gasteiger partial charge in [0.2, 0.25) is 5.78 Å². The molecule has 0 aromatic heterocycles. The highest BCUT2D eigenvalue weighted by Crippen LogP contribution is 2.23. The molecule has 0 radical (unpaired) electrons. The quantitative estimate of drug-likeness (QED) is 0.639. The number of rotatable bonds is 1. The molecule has 0 bridgehead atoms. The van der Waals surface area contributed by atoms with E-state index in [-0.39, 0.29) is 21.8 Å². The van der Waals surface area contributed by atoms with Crippen LogP contribution in [0.3, 0.4) is 0 Å². The molecule has 4 heteroatoms. The second-order valence-electron chi connectivity index (χ2n) is 2.37. The van der Waals surface area contributed by atoms with E-state index in [4.69, 9.17) is 4.74 Å². The van der Waals surface area contributed by atoms with Gasteiger partial charge in [0, 0.05) is 5.57 Å². The number of hydrogen-bond donors (Lipinski definition) is 0. The third kappa shape index (κ3) is 1.34. The van der Waals surface area contributed by atoms with E-state index < -0.39 is 0 Å². The van der Waals surface area contributed by atoms with E-state index in [9.17, 15) is 9.59 Å². The molecule has 0 spiro atoms. The van der Waals surface area contributed by atoms with Gasteiger partial charge in [0.05, 0.1) is 7.11 Å². The molecule has 0 unspecified atom stereocenters. The number of halogens is 1. The summed E-state index contributed by atoms with van der Waals surface area (Å²) >= 11 is 3.00. The first kappa shape index (κ1) is 9.19. The fourth-order valence-corrected chi connectivity index (χ4v) is 1.57. The van der Waals surface area contributed by atoms with Crippen molar-refractivity contribution in [3.63, 3.8) is 0 Å². The topological polar surface area (TPSA) is 43.4 Å². The zero-order chi connectivity index (χ0) is 9.30. The van der Waals surface area contributed by atoms with Crippen molar-refractivity contribution in [2.75, 3.05) is 7.11 Å². The lowest BCUT2D eigenvalue weighted by atomic mass is 10.0. The van der Waals surface area contributed by atoms with Crippen LogP contribution in [0.4, 0.5) is 0 Å². The van der Waals surface area contributed by atoms with Crippen molar-refractivity contribution < 1.29 is 14.3 Å². The highest BCUT2D eigenvalue weighted by molar-refractivity contribution is 9.12. The minimum Gasteiger partial charge on any atom is -0.491 e. The molecule has 0 aliphatic heterocycles. The summed E-state index contributed by atoms with van der Waals surface area (Å²) in [5.41, 5.74) is 0.424. The van der Waals surface area contributed by atoms with Gasteiger partial charge >= 0.3 is 0 Å². The number of hydrogen-bond acceptors (Lipinski definition) is 3. The van der Waals surface area contributed by atoms with Crippen molar-refractivity contribution in [1.29, 1.82) is 0 Å². The van der Waals surface area contributed by atoms with Gasteiger partial charge in [-0.1, -0.05) is 0 Å². The maximum Gasteiger partial charge on any atom is 0.222 e. The smallest absolute Gasteiger partial charge is 0.222 e. The van der Waals surface area contributed by atoms with Gasteiger partial charge in [-0.2, -0.15) is 0 Å². The molecule has 0 aromatic carbocycles. The number of Topliss-reactive ketones (excluding diaryl/α,β-unsaturated/α-hetero) is 1. The Balaban J connectivity index is 3.17. The summed E-state index contributed by atoms with van der Waals surface area (Å²) in [7, 11) is 1.36. The molecule has 0 N–H and O–H groups in total. The summed E-state index contributed by atoms with van der Waals surface area (Å²) in [6.07, 6.45) is 1.27. The van der Waals surface area contributed by atoms with Gasteiger partial charge in [-0.3, -0.25) is 9.59 Å². The summed E-state index contributed by atoms with van der Waals surface area (Å²) in [4.78, 5) is 22.4. The molecule has 0 atom stereocenters. The molecule has 0 aromatic rings. The van der Waals surface area contributed by atoms with Crippen LogP contribution in [0.2, 0.25) is 0 Å². The van der Waals surface area contributed by atoms with Crippen molar-refractivity contribution in [3.8, 4) is 0 Å². The van der Waals surface area contributed by atoms with Crippen molar-refractivity contribution in [1.82, 2.24) is 0 Å². The van der Waals surface area contributed by atoms with Crippen molar-refractivity contribution in [2.24, 2.45) is 0 Å². The Morgan fingerprint density at radius 3 is 2.50 bits per heavy atom. The Kier molecular flexibility index (Phi) is 2.47. The Morgan fingerprint density at radius 2 is 2.00 bits per heavy atom. The van der Waals surface area contributed by atoms with E-state index >= 15 is 0 Å². The van der Waals surface area contributed by atoms with Crippen LogP contribution in [-0.4, -0.2) is 18.7 Å². The first-order valence-corrected chi connectivity index (χ1v) is 4.08. The van der Waals surface area contributed by atoms with Gasteiger partial charge in [0.25, 0.3) is 0 Å². The molecule has 64 valence electrons. The van der Waals surface area contributed by atoms with Crippen molar-refractivity contribution in [2.45, 2.75) is 6.92 Å². The second-order valence-corrected chi connectivity index (χ2v) is 3.16. The lowest BCUT2D eigenvalue weighted by Crippen LogP contribution is -2.16. The average Bonchev–Trinajstić information content (AvgIpc) is 2.01. The molecule has 1 aliphatic rings. The van der Waals surface area contributed by atoms with Crippen LogP contribution in [-0.2, 0) is 14.3 Å². The first-order valence-electron chi connectivity index (χ1n) is 3.29. The fraction of sp³-hybridized carbons (Fsp3) is 0.250. The minimum absolute atomic E-state index is 0.0746. The van der Waals surface area contributed by atoms with Gasteiger partial charge in [-0.25, -0.2) is 0 Å². The van der Waals surface area contributed by atoms with Crippen LogP contribution in [0.1, 0.15) is 6.92 Å². The zero-order valence-electron chi connectivity index (χ0n) is 6.68. The molecule has 1 aliphatic carbocycles. The van der Waals surface area contributed by atoms with Gasteiger partial charge in [0.15, 0.2) is 11.5 Å². The molecule has 0 fully saturated rings.